The maximum Gasteiger partial charge on any atom is 0.158 e. The third-order valence-electron chi connectivity index (χ3n) is 0.649. The number of aliphatic hydroxyl groups is 1. The number of hydrogen-bond acceptors (Lipinski definition) is 2. The van der Waals surface area contributed by atoms with Gasteiger partial charge in [0.05, 0.1) is 0 Å². The van der Waals surface area contributed by atoms with Crippen LogP contribution in [0.4, 0.5) is 0 Å². The second kappa shape index (κ2) is 6.23. The molecule has 0 saturated carbocycles. The summed E-state index contributed by atoms with van der Waals surface area (Å²) in [6.45, 7) is -0.897. The summed E-state index contributed by atoms with van der Waals surface area (Å²) in [6, 6.07) is 0. The third kappa shape index (κ3) is 5.99. The molecule has 3 heteroatoms. The van der Waals surface area contributed by atoms with E-state index < -0.39 is 31.6 Å². The summed E-state index contributed by atoms with van der Waals surface area (Å²) < 4.78 is 28.9. The highest BCUT2D eigenvalue weighted by Crippen LogP contribution is 1.98. The maximum atomic E-state index is 10.8. The molecule has 9 heavy (non-hydrogen) atoms. The van der Waals surface area contributed by atoms with E-state index in [0.29, 0.717) is 0 Å². The van der Waals surface area contributed by atoms with Crippen molar-refractivity contribution in [2.45, 2.75) is 19.2 Å². The standard InChI is InChI=1S/C6H11BrO2/c7-4-2-1-3-6(9)5-8/h8H,1-5H2/i2D2,3D2. The van der Waals surface area contributed by atoms with Crippen molar-refractivity contribution in [3.63, 3.8) is 0 Å². The number of rotatable bonds is 5. The SMILES string of the molecule is [2H]C([2H])(CBr)CC([2H])([2H])C(=O)CO. The summed E-state index contributed by atoms with van der Waals surface area (Å²) in [4.78, 5) is 10.8. The van der Waals surface area contributed by atoms with Crippen LogP contribution in [0.5, 0.6) is 0 Å². The fraction of sp³-hybridized carbons (Fsp3) is 0.833. The zero-order valence-electron chi connectivity index (χ0n) is 8.85. The second-order valence-electron chi connectivity index (χ2n) is 1.32. The van der Waals surface area contributed by atoms with E-state index in [1.165, 1.54) is 0 Å². The van der Waals surface area contributed by atoms with Crippen molar-refractivity contribution >= 4 is 21.7 Å². The van der Waals surface area contributed by atoms with Gasteiger partial charge in [-0.15, -0.1) is 0 Å². The molecule has 0 rings (SSSR count). The number of Topliss-reactive ketones (excluding diaryl/α,β-unsaturated/α-hetero) is 1. The van der Waals surface area contributed by atoms with Crippen LogP contribution in [0.1, 0.15) is 24.6 Å². The lowest BCUT2D eigenvalue weighted by atomic mass is 10.2. The van der Waals surface area contributed by atoms with Gasteiger partial charge in [-0.2, -0.15) is 0 Å². The Morgan fingerprint density at radius 1 is 1.78 bits per heavy atom. The van der Waals surface area contributed by atoms with Crippen LogP contribution in [0.2, 0.25) is 0 Å². The summed E-state index contributed by atoms with van der Waals surface area (Å²) in [7, 11) is 0. The third-order valence-corrected chi connectivity index (χ3v) is 1.05. The van der Waals surface area contributed by atoms with E-state index in [1.807, 2.05) is 0 Å². The van der Waals surface area contributed by atoms with Crippen LogP contribution >= 0.6 is 15.9 Å². The van der Waals surface area contributed by atoms with Crippen LogP contribution in [-0.2, 0) is 4.79 Å². The largest absolute Gasteiger partial charge is 0.389 e. The quantitative estimate of drug-likeness (QED) is 0.673. The predicted molar refractivity (Wildman–Crippen MR) is 39.7 cm³/mol. The van der Waals surface area contributed by atoms with Crippen molar-refractivity contribution in [3.8, 4) is 0 Å². The lowest BCUT2D eigenvalue weighted by molar-refractivity contribution is -0.121. The Morgan fingerprint density at radius 3 is 2.89 bits per heavy atom. The predicted octanol–water partition coefficient (Wildman–Crippen LogP) is 1.11. The van der Waals surface area contributed by atoms with Gasteiger partial charge in [-0.25, -0.2) is 0 Å². The molecule has 0 aromatic carbocycles. The van der Waals surface area contributed by atoms with E-state index in [0.717, 1.165) is 0 Å². The molecule has 0 atom stereocenters. The summed E-state index contributed by atoms with van der Waals surface area (Å²) in [5, 5.41) is 8.37. The molecule has 0 amide bonds. The van der Waals surface area contributed by atoms with Crippen LogP contribution in [0, 0.1) is 0 Å². The van der Waals surface area contributed by atoms with Crippen LogP contribution in [0.25, 0.3) is 0 Å². The molecular weight excluding hydrogens is 184 g/mol. The highest BCUT2D eigenvalue weighted by Gasteiger charge is 1.96. The Balaban J connectivity index is 4.41. The number of hydrogen-bond donors (Lipinski definition) is 1. The number of aliphatic hydroxyl groups excluding tert-OH is 1. The Bertz CT molecular complexity index is 195. The van der Waals surface area contributed by atoms with Crippen molar-refractivity contribution in [2.24, 2.45) is 0 Å². The van der Waals surface area contributed by atoms with Crippen LogP contribution in [-0.4, -0.2) is 22.8 Å². The molecule has 0 aliphatic carbocycles. The van der Waals surface area contributed by atoms with Gasteiger partial charge in [-0.3, -0.25) is 4.79 Å². The fourth-order valence-corrected chi connectivity index (χ4v) is 0.462. The van der Waals surface area contributed by atoms with Crippen LogP contribution in [0.3, 0.4) is 0 Å². The maximum absolute atomic E-state index is 10.8. The minimum Gasteiger partial charge on any atom is -0.389 e. The normalized spacial score (nSPS) is 19.3. The highest BCUT2D eigenvalue weighted by molar-refractivity contribution is 9.09. The average Bonchev–Trinajstić information content (AvgIpc) is 2.01. The topological polar surface area (TPSA) is 37.3 Å². The number of halogens is 1. The Labute approximate surface area is 69.0 Å². The van der Waals surface area contributed by atoms with Gasteiger partial charge in [0.1, 0.15) is 6.61 Å². The first-order valence-electron chi connectivity index (χ1n) is 4.45. The molecule has 0 saturated heterocycles. The molecule has 0 spiro atoms. The lowest BCUT2D eigenvalue weighted by Gasteiger charge is -1.92. The molecule has 0 bridgehead atoms. The summed E-state index contributed by atoms with van der Waals surface area (Å²) in [5.41, 5.74) is 0. The van der Waals surface area contributed by atoms with Crippen LogP contribution < -0.4 is 0 Å². The molecule has 1 N–H and O–H groups in total. The number of carbonyl (C=O) groups is 1. The van der Waals surface area contributed by atoms with Gasteiger partial charge in [0.2, 0.25) is 0 Å². The van der Waals surface area contributed by atoms with Gasteiger partial charge in [0.25, 0.3) is 0 Å². The molecule has 0 aliphatic heterocycles. The van der Waals surface area contributed by atoms with E-state index in [1.54, 1.807) is 0 Å². The second-order valence-corrected chi connectivity index (χ2v) is 1.88. The molecule has 0 aromatic heterocycles. The van der Waals surface area contributed by atoms with Gasteiger partial charge in [0, 0.05) is 17.2 Å². The molecule has 0 heterocycles. The molecular formula is C6H11BrO2. The van der Waals surface area contributed by atoms with Crippen molar-refractivity contribution in [3.05, 3.63) is 0 Å². The van der Waals surface area contributed by atoms with E-state index in [-0.39, 0.29) is 5.33 Å². The molecule has 2 nitrogen and oxygen atoms in total. The molecule has 0 unspecified atom stereocenters. The molecule has 0 aromatic rings. The number of alkyl halides is 1. The first-order valence-corrected chi connectivity index (χ1v) is 3.57. The highest BCUT2D eigenvalue weighted by atomic mass is 79.9. The Morgan fingerprint density at radius 2 is 2.44 bits per heavy atom. The van der Waals surface area contributed by atoms with E-state index in [2.05, 4.69) is 15.9 Å². The Hall–Kier alpha value is 0.110. The molecule has 54 valence electrons. The first kappa shape index (κ1) is 4.09. The van der Waals surface area contributed by atoms with Crippen molar-refractivity contribution in [2.75, 3.05) is 11.9 Å². The molecule has 0 aliphatic rings. The van der Waals surface area contributed by atoms with Crippen LogP contribution in [0.15, 0.2) is 0 Å². The van der Waals surface area contributed by atoms with Crippen molar-refractivity contribution < 1.29 is 15.4 Å². The van der Waals surface area contributed by atoms with Gasteiger partial charge in [0.15, 0.2) is 5.78 Å². The van der Waals surface area contributed by atoms with Gasteiger partial charge >= 0.3 is 0 Å². The zero-order valence-corrected chi connectivity index (χ0v) is 6.44. The lowest BCUT2D eigenvalue weighted by Crippen LogP contribution is -2.02. The fourth-order valence-electron chi connectivity index (χ4n) is 0.264. The first-order chi connectivity index (χ1) is 5.75. The van der Waals surface area contributed by atoms with Gasteiger partial charge in [-0.1, -0.05) is 15.9 Å². The zero-order chi connectivity index (χ0) is 10.7. The van der Waals surface area contributed by atoms with E-state index in [4.69, 9.17) is 10.6 Å². The van der Waals surface area contributed by atoms with Gasteiger partial charge < -0.3 is 5.11 Å². The number of ketones is 1. The monoisotopic (exact) mass is 198 g/mol. The summed E-state index contributed by atoms with van der Waals surface area (Å²) in [5.74, 6) is -0.989. The molecule has 0 radical (unpaired) electrons. The summed E-state index contributed by atoms with van der Waals surface area (Å²) in [6.07, 6.45) is -4.63. The van der Waals surface area contributed by atoms with E-state index in [9.17, 15) is 4.79 Å². The Kier molecular flexibility index (Phi) is 2.83. The minimum atomic E-state index is -2.30. The van der Waals surface area contributed by atoms with Crippen molar-refractivity contribution in [1.82, 2.24) is 0 Å². The number of carbonyl (C=O) groups excluding carboxylic acids is 1. The molecule has 0 fully saturated rings. The smallest absolute Gasteiger partial charge is 0.158 e. The van der Waals surface area contributed by atoms with E-state index >= 15 is 0 Å². The average molecular weight is 199 g/mol. The van der Waals surface area contributed by atoms with Gasteiger partial charge in [-0.05, 0) is 12.8 Å². The summed E-state index contributed by atoms with van der Waals surface area (Å²) >= 11 is 2.88. The minimum absolute atomic E-state index is 0.0434. The van der Waals surface area contributed by atoms with Crippen molar-refractivity contribution in [1.29, 1.82) is 0 Å².